The van der Waals surface area contributed by atoms with Gasteiger partial charge in [0.05, 0.1) is 18.5 Å². The molecule has 0 amide bonds. The van der Waals surface area contributed by atoms with E-state index in [1.54, 1.807) is 6.08 Å². The Balaban J connectivity index is 2.01. The zero-order chi connectivity index (χ0) is 23.2. The highest BCUT2D eigenvalue weighted by molar-refractivity contribution is 5.94. The third-order valence-electron chi connectivity index (χ3n) is 7.75. The first-order valence-electron chi connectivity index (χ1n) is 11.2. The fraction of sp³-hybridized carbons (Fsp3) is 0.720. The summed E-state index contributed by atoms with van der Waals surface area (Å²) in [4.78, 5) is 37.8. The Morgan fingerprint density at radius 3 is 2.48 bits per heavy atom. The number of allylic oxidation sites excluding steroid dienone is 2. The molecule has 3 fully saturated rings. The van der Waals surface area contributed by atoms with Crippen LogP contribution in [-0.2, 0) is 23.9 Å². The molecule has 0 aromatic rings. The molecule has 1 unspecified atom stereocenters. The van der Waals surface area contributed by atoms with Crippen LogP contribution in [0.4, 0.5) is 0 Å². The molecule has 2 bridgehead atoms. The van der Waals surface area contributed by atoms with E-state index < -0.39 is 23.1 Å². The maximum atomic E-state index is 13.7. The standard InChI is InChI=1S/C25H36O6/c1-15(2)11-21(27)30-10-8-18-17(12-16(3)26)22(28)25(29)14-31-23(4,5)19-7-9-24(18,6)13-20(19)25/h8,10-11,17-20,29H,7,9,12-14H2,1-6H3/b10-8+/t17-,18-,19?,20-,24-,25-/m0/s1. The average Bonchev–Trinajstić information content (AvgIpc) is 2.69. The number of aliphatic hydroxyl groups is 1. The zero-order valence-corrected chi connectivity index (χ0v) is 19.6. The molecule has 2 saturated carbocycles. The highest BCUT2D eigenvalue weighted by Crippen LogP contribution is 2.60. The molecule has 0 spiro atoms. The van der Waals surface area contributed by atoms with Crippen molar-refractivity contribution in [1.29, 1.82) is 0 Å². The Morgan fingerprint density at radius 2 is 1.87 bits per heavy atom. The Bertz CT molecular complexity index is 820. The van der Waals surface area contributed by atoms with Crippen LogP contribution in [0.1, 0.15) is 67.2 Å². The van der Waals surface area contributed by atoms with Gasteiger partial charge < -0.3 is 19.4 Å². The first-order chi connectivity index (χ1) is 14.3. The van der Waals surface area contributed by atoms with E-state index in [0.29, 0.717) is 6.42 Å². The van der Waals surface area contributed by atoms with Gasteiger partial charge in [-0.05, 0) is 77.2 Å². The van der Waals surface area contributed by atoms with Crippen LogP contribution < -0.4 is 0 Å². The van der Waals surface area contributed by atoms with Gasteiger partial charge in [-0.25, -0.2) is 4.79 Å². The van der Waals surface area contributed by atoms with Gasteiger partial charge >= 0.3 is 5.97 Å². The summed E-state index contributed by atoms with van der Waals surface area (Å²) in [6.07, 6.45) is 6.90. The summed E-state index contributed by atoms with van der Waals surface area (Å²) in [6, 6.07) is 0. The lowest BCUT2D eigenvalue weighted by atomic mass is 9.55. The summed E-state index contributed by atoms with van der Waals surface area (Å²) in [5.41, 5.74) is -1.47. The molecular formula is C25H36O6. The van der Waals surface area contributed by atoms with Gasteiger partial charge in [0.15, 0.2) is 5.78 Å². The average molecular weight is 433 g/mol. The minimum Gasteiger partial charge on any atom is -0.432 e. The monoisotopic (exact) mass is 432 g/mol. The highest BCUT2D eigenvalue weighted by atomic mass is 16.5. The van der Waals surface area contributed by atoms with Crippen molar-refractivity contribution in [1.82, 2.24) is 0 Å². The number of Topliss-reactive ketones (excluding diaryl/α,β-unsaturated/α-hetero) is 2. The molecule has 6 heteroatoms. The van der Waals surface area contributed by atoms with Crippen molar-refractivity contribution < 1.29 is 29.0 Å². The summed E-state index contributed by atoms with van der Waals surface area (Å²) in [7, 11) is 0. The lowest BCUT2D eigenvalue weighted by Gasteiger charge is -2.55. The number of esters is 1. The largest absolute Gasteiger partial charge is 0.432 e. The SMILES string of the molecule is CC(=O)C[C@@H]1C(=O)[C@]2(O)COC(C)(C)C3CC[C@@](C)(C[C@@H]32)[C@H]1/C=C/OC(=O)C=C(C)C. The first kappa shape index (κ1) is 23.9. The van der Waals surface area contributed by atoms with Crippen molar-refractivity contribution in [2.75, 3.05) is 6.61 Å². The second-order valence-electron chi connectivity index (χ2n) is 10.8. The smallest absolute Gasteiger partial charge is 0.335 e. The zero-order valence-electron chi connectivity index (χ0n) is 19.6. The molecular weight excluding hydrogens is 396 g/mol. The van der Waals surface area contributed by atoms with Crippen molar-refractivity contribution >= 4 is 17.5 Å². The van der Waals surface area contributed by atoms with E-state index in [9.17, 15) is 19.5 Å². The van der Waals surface area contributed by atoms with E-state index in [1.165, 1.54) is 19.3 Å². The predicted molar refractivity (Wildman–Crippen MR) is 116 cm³/mol. The summed E-state index contributed by atoms with van der Waals surface area (Å²) in [5, 5.41) is 11.6. The molecule has 1 N–H and O–H groups in total. The van der Waals surface area contributed by atoms with Crippen molar-refractivity contribution in [3.05, 3.63) is 24.0 Å². The Hall–Kier alpha value is -1.79. The van der Waals surface area contributed by atoms with Gasteiger partial charge in [0, 0.05) is 24.3 Å². The Morgan fingerprint density at radius 1 is 1.19 bits per heavy atom. The molecule has 0 aromatic heterocycles. The van der Waals surface area contributed by atoms with E-state index in [-0.39, 0.29) is 47.8 Å². The number of hydrogen-bond donors (Lipinski definition) is 1. The van der Waals surface area contributed by atoms with Gasteiger partial charge in [-0.1, -0.05) is 12.5 Å². The molecule has 0 aromatic carbocycles. The molecule has 3 aliphatic rings. The van der Waals surface area contributed by atoms with Gasteiger partial charge in [0.2, 0.25) is 0 Å². The molecule has 172 valence electrons. The number of carbonyl (C=O) groups excluding carboxylic acids is 3. The Kier molecular flexibility index (Phi) is 6.38. The number of rotatable bonds is 5. The van der Waals surface area contributed by atoms with Crippen molar-refractivity contribution in [3.63, 3.8) is 0 Å². The third kappa shape index (κ3) is 4.42. The van der Waals surface area contributed by atoms with E-state index in [2.05, 4.69) is 6.92 Å². The lowest BCUT2D eigenvalue weighted by molar-refractivity contribution is -0.229. The van der Waals surface area contributed by atoms with Gasteiger partial charge in [0.25, 0.3) is 0 Å². The van der Waals surface area contributed by atoms with Crippen LogP contribution in [0, 0.1) is 29.1 Å². The van der Waals surface area contributed by atoms with Crippen LogP contribution in [-0.4, -0.2) is 40.5 Å². The molecule has 6 atom stereocenters. The van der Waals surface area contributed by atoms with Crippen molar-refractivity contribution in [2.45, 2.75) is 78.4 Å². The number of carbonyl (C=O) groups is 3. The number of hydrogen-bond acceptors (Lipinski definition) is 6. The van der Waals surface area contributed by atoms with Crippen LogP contribution in [0.5, 0.6) is 0 Å². The fourth-order valence-corrected chi connectivity index (χ4v) is 6.16. The number of ketones is 2. The van der Waals surface area contributed by atoms with Gasteiger partial charge in [-0.3, -0.25) is 4.79 Å². The summed E-state index contributed by atoms with van der Waals surface area (Å²) < 4.78 is 11.2. The van der Waals surface area contributed by atoms with Gasteiger partial charge in [-0.15, -0.1) is 0 Å². The quantitative estimate of drug-likeness (QED) is 0.404. The molecule has 1 saturated heterocycles. The van der Waals surface area contributed by atoms with E-state index in [1.807, 2.05) is 27.7 Å². The van der Waals surface area contributed by atoms with E-state index in [4.69, 9.17) is 9.47 Å². The molecule has 1 heterocycles. The fourth-order valence-electron chi connectivity index (χ4n) is 6.16. The molecule has 31 heavy (non-hydrogen) atoms. The maximum Gasteiger partial charge on any atom is 0.335 e. The van der Waals surface area contributed by atoms with Crippen LogP contribution in [0.15, 0.2) is 24.0 Å². The highest BCUT2D eigenvalue weighted by Gasteiger charge is 2.64. The minimum absolute atomic E-state index is 0.0452. The second kappa shape index (κ2) is 8.28. The topological polar surface area (TPSA) is 89.9 Å². The van der Waals surface area contributed by atoms with Crippen LogP contribution >= 0.6 is 0 Å². The van der Waals surface area contributed by atoms with Gasteiger partial charge in [0.1, 0.15) is 11.4 Å². The number of fused-ring (bicyclic) bond motifs is 1. The molecule has 0 radical (unpaired) electrons. The molecule has 2 aliphatic carbocycles. The first-order valence-corrected chi connectivity index (χ1v) is 11.2. The predicted octanol–water partition coefficient (Wildman–Crippen LogP) is 3.77. The molecule has 6 nitrogen and oxygen atoms in total. The summed E-state index contributed by atoms with van der Waals surface area (Å²) in [5.74, 6) is -2.04. The maximum absolute atomic E-state index is 13.7. The van der Waals surface area contributed by atoms with E-state index >= 15 is 0 Å². The van der Waals surface area contributed by atoms with Crippen LogP contribution in [0.25, 0.3) is 0 Å². The second-order valence-corrected chi connectivity index (χ2v) is 10.8. The minimum atomic E-state index is -1.59. The van der Waals surface area contributed by atoms with Gasteiger partial charge in [-0.2, -0.15) is 0 Å². The van der Waals surface area contributed by atoms with Crippen LogP contribution in [0.3, 0.4) is 0 Å². The normalized spacial score (nSPS) is 39.0. The van der Waals surface area contributed by atoms with Crippen molar-refractivity contribution in [3.8, 4) is 0 Å². The summed E-state index contributed by atoms with van der Waals surface area (Å²) in [6.45, 7) is 11.2. The Labute approximate surface area is 185 Å². The molecule has 1 aliphatic heterocycles. The van der Waals surface area contributed by atoms with Crippen molar-refractivity contribution in [2.24, 2.45) is 29.1 Å². The van der Waals surface area contributed by atoms with E-state index in [0.717, 1.165) is 18.4 Å². The lowest BCUT2D eigenvalue weighted by Crippen LogP contribution is -2.63. The summed E-state index contributed by atoms with van der Waals surface area (Å²) >= 11 is 0. The number of ether oxygens (including phenoxy) is 2. The third-order valence-corrected chi connectivity index (χ3v) is 7.75. The molecule has 3 rings (SSSR count). The van der Waals surface area contributed by atoms with Crippen LogP contribution in [0.2, 0.25) is 0 Å².